The first-order valence-corrected chi connectivity index (χ1v) is 3.50. The number of H-pyrrole nitrogens is 1. The third-order valence-electron chi connectivity index (χ3n) is 1.32. The van der Waals surface area contributed by atoms with Gasteiger partial charge in [0.1, 0.15) is 11.5 Å². The molecule has 0 aliphatic rings. The molecule has 0 bridgehead atoms. The standard InChI is InChI=1S/C7H8FN3O2/c8-4-1-5(10-2-4)7(13)11-3-6(9)12/h1-2,10H,3H2,(H2,9,12)(H,11,13). The van der Waals surface area contributed by atoms with E-state index in [0.717, 1.165) is 12.3 Å². The van der Waals surface area contributed by atoms with E-state index < -0.39 is 17.6 Å². The van der Waals surface area contributed by atoms with Crippen LogP contribution in [0.2, 0.25) is 0 Å². The van der Waals surface area contributed by atoms with E-state index in [1.54, 1.807) is 0 Å². The van der Waals surface area contributed by atoms with Crippen molar-refractivity contribution in [2.75, 3.05) is 6.54 Å². The first-order valence-electron chi connectivity index (χ1n) is 3.50. The second-order valence-electron chi connectivity index (χ2n) is 2.38. The van der Waals surface area contributed by atoms with Crippen LogP contribution in [0.25, 0.3) is 0 Å². The van der Waals surface area contributed by atoms with Gasteiger partial charge in [0.05, 0.1) is 6.54 Å². The Labute approximate surface area is 73.1 Å². The molecule has 0 radical (unpaired) electrons. The van der Waals surface area contributed by atoms with Crippen LogP contribution in [0.3, 0.4) is 0 Å². The lowest BCUT2D eigenvalue weighted by atomic mass is 10.4. The van der Waals surface area contributed by atoms with Crippen LogP contribution in [0.4, 0.5) is 4.39 Å². The quantitative estimate of drug-likeness (QED) is 0.585. The van der Waals surface area contributed by atoms with Gasteiger partial charge in [-0.25, -0.2) is 4.39 Å². The molecule has 6 heteroatoms. The van der Waals surface area contributed by atoms with E-state index in [2.05, 4.69) is 10.3 Å². The molecule has 2 amide bonds. The molecular formula is C7H8FN3O2. The minimum absolute atomic E-state index is 0.0544. The fraction of sp³-hybridized carbons (Fsp3) is 0.143. The number of aromatic amines is 1. The second-order valence-corrected chi connectivity index (χ2v) is 2.38. The topological polar surface area (TPSA) is 88.0 Å². The van der Waals surface area contributed by atoms with Gasteiger partial charge in [-0.3, -0.25) is 9.59 Å². The molecule has 0 saturated heterocycles. The van der Waals surface area contributed by atoms with Gasteiger partial charge in [-0.2, -0.15) is 0 Å². The Bertz CT molecular complexity index is 334. The van der Waals surface area contributed by atoms with Crippen LogP contribution < -0.4 is 11.1 Å². The minimum Gasteiger partial charge on any atom is -0.368 e. The zero-order chi connectivity index (χ0) is 9.84. The lowest BCUT2D eigenvalue weighted by Crippen LogP contribution is -2.33. The molecule has 1 heterocycles. The summed E-state index contributed by atoms with van der Waals surface area (Å²) in [6.45, 7) is -0.264. The van der Waals surface area contributed by atoms with Crippen molar-refractivity contribution in [3.8, 4) is 0 Å². The van der Waals surface area contributed by atoms with Gasteiger partial charge in [-0.05, 0) is 0 Å². The lowest BCUT2D eigenvalue weighted by Gasteiger charge is -1.98. The van der Waals surface area contributed by atoms with Gasteiger partial charge < -0.3 is 16.0 Å². The second kappa shape index (κ2) is 3.70. The highest BCUT2D eigenvalue weighted by atomic mass is 19.1. The van der Waals surface area contributed by atoms with Gasteiger partial charge >= 0.3 is 0 Å². The largest absolute Gasteiger partial charge is 0.368 e. The molecular weight excluding hydrogens is 177 g/mol. The van der Waals surface area contributed by atoms with Crippen molar-refractivity contribution in [3.05, 3.63) is 23.8 Å². The first kappa shape index (κ1) is 9.24. The highest BCUT2D eigenvalue weighted by Crippen LogP contribution is 1.99. The Kier molecular flexibility index (Phi) is 2.63. The van der Waals surface area contributed by atoms with Crippen LogP contribution in [-0.4, -0.2) is 23.3 Å². The normalized spacial score (nSPS) is 9.62. The highest BCUT2D eigenvalue weighted by Gasteiger charge is 2.08. The number of nitrogens with two attached hydrogens (primary N) is 1. The van der Waals surface area contributed by atoms with Crippen molar-refractivity contribution in [1.29, 1.82) is 0 Å². The lowest BCUT2D eigenvalue weighted by molar-refractivity contribution is -0.117. The van der Waals surface area contributed by atoms with Crippen LogP contribution in [0.1, 0.15) is 10.5 Å². The number of rotatable bonds is 3. The SMILES string of the molecule is NC(=O)CNC(=O)c1cc(F)c[nH]1. The molecule has 13 heavy (non-hydrogen) atoms. The molecule has 1 aromatic heterocycles. The third-order valence-corrected chi connectivity index (χ3v) is 1.32. The van der Waals surface area contributed by atoms with Crippen LogP contribution in [-0.2, 0) is 4.79 Å². The Balaban J connectivity index is 2.54. The molecule has 5 nitrogen and oxygen atoms in total. The molecule has 0 unspecified atom stereocenters. The molecule has 70 valence electrons. The van der Waals surface area contributed by atoms with E-state index in [0.29, 0.717) is 0 Å². The van der Waals surface area contributed by atoms with E-state index in [4.69, 9.17) is 5.73 Å². The zero-order valence-electron chi connectivity index (χ0n) is 6.63. The number of aromatic nitrogens is 1. The fourth-order valence-electron chi connectivity index (χ4n) is 0.762. The number of carbonyl (C=O) groups is 2. The maximum absolute atomic E-state index is 12.4. The summed E-state index contributed by atoms with van der Waals surface area (Å²) in [5.41, 5.74) is 4.84. The number of amides is 2. The molecule has 1 aromatic rings. The molecule has 0 aliphatic carbocycles. The molecule has 0 spiro atoms. The van der Waals surface area contributed by atoms with Gasteiger partial charge in [0.15, 0.2) is 0 Å². The average Bonchev–Trinajstić information content (AvgIpc) is 2.47. The number of hydrogen-bond acceptors (Lipinski definition) is 2. The summed E-state index contributed by atoms with van der Waals surface area (Å²) < 4.78 is 12.4. The molecule has 0 atom stereocenters. The summed E-state index contributed by atoms with van der Waals surface area (Å²) in [7, 11) is 0. The van der Waals surface area contributed by atoms with Crippen LogP contribution in [0.15, 0.2) is 12.3 Å². The molecule has 0 saturated carbocycles. The Morgan fingerprint density at radius 3 is 2.77 bits per heavy atom. The van der Waals surface area contributed by atoms with Crippen molar-refractivity contribution in [3.63, 3.8) is 0 Å². The maximum atomic E-state index is 12.4. The summed E-state index contributed by atoms with van der Waals surface area (Å²) in [6.07, 6.45) is 1.04. The smallest absolute Gasteiger partial charge is 0.268 e. The van der Waals surface area contributed by atoms with E-state index in [-0.39, 0.29) is 12.2 Å². The number of carbonyl (C=O) groups excluding carboxylic acids is 2. The zero-order valence-corrected chi connectivity index (χ0v) is 6.63. The first-order chi connectivity index (χ1) is 6.09. The Morgan fingerprint density at radius 2 is 2.31 bits per heavy atom. The highest BCUT2D eigenvalue weighted by molar-refractivity contribution is 5.94. The van der Waals surface area contributed by atoms with Crippen molar-refractivity contribution in [2.45, 2.75) is 0 Å². The van der Waals surface area contributed by atoms with Crippen LogP contribution in [0.5, 0.6) is 0 Å². The van der Waals surface area contributed by atoms with Crippen molar-refractivity contribution < 1.29 is 14.0 Å². The molecule has 0 aromatic carbocycles. The molecule has 1 rings (SSSR count). The van der Waals surface area contributed by atoms with Crippen molar-refractivity contribution >= 4 is 11.8 Å². The summed E-state index contributed by atoms with van der Waals surface area (Å²) in [4.78, 5) is 23.7. The summed E-state index contributed by atoms with van der Waals surface area (Å²) in [5, 5.41) is 2.20. The Morgan fingerprint density at radius 1 is 1.62 bits per heavy atom. The monoisotopic (exact) mass is 185 g/mol. The molecule has 0 aliphatic heterocycles. The minimum atomic E-state index is -0.652. The predicted octanol–water partition coefficient (Wildman–Crippen LogP) is -0.631. The van der Waals surface area contributed by atoms with E-state index >= 15 is 0 Å². The van der Waals surface area contributed by atoms with Gasteiger partial charge in [0.2, 0.25) is 5.91 Å². The Hall–Kier alpha value is -1.85. The number of primary amides is 1. The van der Waals surface area contributed by atoms with Gasteiger partial charge in [-0.1, -0.05) is 0 Å². The van der Waals surface area contributed by atoms with Crippen molar-refractivity contribution in [2.24, 2.45) is 5.73 Å². The average molecular weight is 185 g/mol. The van der Waals surface area contributed by atoms with Gasteiger partial charge in [0.25, 0.3) is 5.91 Å². The fourth-order valence-corrected chi connectivity index (χ4v) is 0.762. The summed E-state index contributed by atoms with van der Waals surface area (Å²) in [6, 6.07) is 1.02. The van der Waals surface area contributed by atoms with Crippen molar-refractivity contribution in [1.82, 2.24) is 10.3 Å². The number of halogens is 1. The summed E-state index contributed by atoms with van der Waals surface area (Å²) in [5.74, 6) is -1.76. The third kappa shape index (κ3) is 2.58. The summed E-state index contributed by atoms with van der Waals surface area (Å²) >= 11 is 0. The van der Waals surface area contributed by atoms with E-state index in [1.165, 1.54) is 0 Å². The van der Waals surface area contributed by atoms with E-state index in [1.807, 2.05) is 0 Å². The molecule has 4 N–H and O–H groups in total. The van der Waals surface area contributed by atoms with Crippen LogP contribution in [0, 0.1) is 5.82 Å². The maximum Gasteiger partial charge on any atom is 0.268 e. The predicted molar refractivity (Wildman–Crippen MR) is 42.3 cm³/mol. The number of nitrogens with one attached hydrogen (secondary N) is 2. The number of hydrogen-bond donors (Lipinski definition) is 3. The van der Waals surface area contributed by atoms with Gasteiger partial charge in [-0.15, -0.1) is 0 Å². The van der Waals surface area contributed by atoms with Crippen LogP contribution >= 0.6 is 0 Å². The van der Waals surface area contributed by atoms with E-state index in [9.17, 15) is 14.0 Å². The van der Waals surface area contributed by atoms with Gasteiger partial charge in [0, 0.05) is 12.3 Å². The molecule has 0 fully saturated rings.